The van der Waals surface area contributed by atoms with Crippen LogP contribution in [0.3, 0.4) is 0 Å². The maximum Gasteiger partial charge on any atom is 0.131 e. The number of hydrogen-bond donors (Lipinski definition) is 0. The molecule has 6 aliphatic carbocycles. The maximum absolute atomic E-state index is 6.89. The van der Waals surface area contributed by atoms with Crippen LogP contribution in [0.4, 0.5) is 0 Å². The molecule has 0 radical (unpaired) electrons. The lowest BCUT2D eigenvalue weighted by atomic mass is 9.56. The minimum atomic E-state index is -0.0267. The van der Waals surface area contributed by atoms with Gasteiger partial charge >= 0.3 is 0 Å². The lowest BCUT2D eigenvalue weighted by Gasteiger charge is -2.48. The van der Waals surface area contributed by atoms with Gasteiger partial charge in [0.1, 0.15) is 11.5 Å². The molecule has 0 saturated carbocycles. The summed E-state index contributed by atoms with van der Waals surface area (Å²) in [6.07, 6.45) is 29.8. The van der Waals surface area contributed by atoms with Crippen molar-refractivity contribution in [3.63, 3.8) is 0 Å². The highest BCUT2D eigenvalue weighted by molar-refractivity contribution is 5.67. The first-order chi connectivity index (χ1) is 18.4. The van der Waals surface area contributed by atoms with Crippen molar-refractivity contribution in [3.05, 3.63) is 142 Å². The summed E-state index contributed by atoms with van der Waals surface area (Å²) < 4.78 is 6.89. The standard InChI is InChI=1S/C37H36O/c1-22(2)21-24-5-7-26(8-6-24)33-34-29-15-12-27-10-11-28(36(27,29)4)13-16-31(34)38-32-18-20-37-19-17-25(23(37)3)9-14-30(37)35(32)33/h5-20,22-23,25,27,30,33H,21H2,1-4H3. The zero-order valence-electron chi connectivity index (χ0n) is 22.8. The van der Waals surface area contributed by atoms with Gasteiger partial charge in [0.2, 0.25) is 0 Å². The molecular formula is C37H36O. The van der Waals surface area contributed by atoms with Gasteiger partial charge in [-0.25, -0.2) is 0 Å². The second-order valence-electron chi connectivity index (χ2n) is 13.0. The van der Waals surface area contributed by atoms with E-state index in [4.69, 9.17) is 4.74 Å². The SMILES string of the molecule is CC(C)Cc1ccc(C2C3=C4C=CC5C=CC(=CC=C3OC3=C2C2C=CC6C=CC2(C=C3)C6C)C45C)cc1. The van der Waals surface area contributed by atoms with Crippen molar-refractivity contribution in [3.8, 4) is 0 Å². The number of fused-ring (bicyclic) bond motifs is 3. The van der Waals surface area contributed by atoms with Crippen molar-refractivity contribution in [2.24, 2.45) is 40.4 Å². The van der Waals surface area contributed by atoms with Gasteiger partial charge in [-0.2, -0.15) is 0 Å². The Hall–Kier alpha value is -3.32. The first-order valence-corrected chi connectivity index (χ1v) is 14.5. The topological polar surface area (TPSA) is 9.23 Å². The van der Waals surface area contributed by atoms with Crippen LogP contribution < -0.4 is 0 Å². The fourth-order valence-corrected chi connectivity index (χ4v) is 8.56. The molecule has 0 N–H and O–H groups in total. The number of ether oxygens (including phenoxy) is 1. The van der Waals surface area contributed by atoms with Gasteiger partial charge < -0.3 is 4.74 Å². The normalized spacial score (nSPS) is 38.6. The van der Waals surface area contributed by atoms with Gasteiger partial charge in [0.05, 0.1) is 0 Å². The third kappa shape index (κ3) is 2.78. The molecule has 1 aliphatic heterocycles. The van der Waals surface area contributed by atoms with Crippen LogP contribution in [0.5, 0.6) is 0 Å². The second kappa shape index (κ2) is 7.63. The van der Waals surface area contributed by atoms with Gasteiger partial charge in [-0.05, 0) is 64.2 Å². The molecule has 38 heavy (non-hydrogen) atoms. The summed E-state index contributed by atoms with van der Waals surface area (Å²) in [5.74, 6) is 4.68. The Morgan fingerprint density at radius 1 is 0.895 bits per heavy atom. The van der Waals surface area contributed by atoms with E-state index in [2.05, 4.69) is 125 Å². The van der Waals surface area contributed by atoms with Gasteiger partial charge in [-0.1, -0.05) is 113 Å². The molecule has 7 unspecified atom stereocenters. The largest absolute Gasteiger partial charge is 0.457 e. The Morgan fingerprint density at radius 2 is 1.71 bits per heavy atom. The first-order valence-electron chi connectivity index (χ1n) is 14.5. The smallest absolute Gasteiger partial charge is 0.131 e. The zero-order valence-corrected chi connectivity index (χ0v) is 22.8. The van der Waals surface area contributed by atoms with E-state index in [-0.39, 0.29) is 16.7 Å². The predicted octanol–water partition coefficient (Wildman–Crippen LogP) is 8.70. The van der Waals surface area contributed by atoms with Crippen LogP contribution >= 0.6 is 0 Å². The summed E-state index contributed by atoms with van der Waals surface area (Å²) in [6, 6.07) is 9.54. The van der Waals surface area contributed by atoms with E-state index < -0.39 is 0 Å². The fraction of sp³-hybridized carbons (Fsp3) is 0.351. The first kappa shape index (κ1) is 22.6. The van der Waals surface area contributed by atoms with E-state index in [1.165, 1.54) is 33.4 Å². The minimum absolute atomic E-state index is 0.0267. The molecule has 7 atom stereocenters. The molecule has 8 rings (SSSR count). The van der Waals surface area contributed by atoms with Gasteiger partial charge in [0.15, 0.2) is 0 Å². The van der Waals surface area contributed by atoms with Crippen molar-refractivity contribution >= 4 is 0 Å². The molecule has 1 aromatic rings. The van der Waals surface area contributed by atoms with Gasteiger partial charge in [0, 0.05) is 34.2 Å². The molecule has 1 spiro atoms. The Labute approximate surface area is 227 Å². The van der Waals surface area contributed by atoms with Crippen LogP contribution in [0, 0.1) is 40.4 Å². The molecule has 0 fully saturated rings. The molecule has 190 valence electrons. The van der Waals surface area contributed by atoms with E-state index in [9.17, 15) is 0 Å². The van der Waals surface area contributed by atoms with Crippen molar-refractivity contribution in [1.29, 1.82) is 0 Å². The molecule has 0 amide bonds. The van der Waals surface area contributed by atoms with Gasteiger partial charge in [-0.3, -0.25) is 0 Å². The van der Waals surface area contributed by atoms with E-state index in [0.717, 1.165) is 17.9 Å². The van der Waals surface area contributed by atoms with Gasteiger partial charge in [0.25, 0.3) is 0 Å². The van der Waals surface area contributed by atoms with E-state index in [1.54, 1.807) is 0 Å². The predicted molar refractivity (Wildman–Crippen MR) is 155 cm³/mol. The van der Waals surface area contributed by atoms with Crippen molar-refractivity contribution in [1.82, 2.24) is 0 Å². The molecule has 0 aromatic heterocycles. The maximum atomic E-state index is 6.89. The van der Waals surface area contributed by atoms with Gasteiger partial charge in [-0.15, -0.1) is 0 Å². The summed E-state index contributed by atoms with van der Waals surface area (Å²) in [4.78, 5) is 0. The number of rotatable bonds is 3. The molecule has 1 heteroatoms. The number of hydrogen-bond acceptors (Lipinski definition) is 1. The van der Waals surface area contributed by atoms with Crippen molar-refractivity contribution in [2.45, 2.75) is 40.0 Å². The molecule has 7 aliphatic rings. The third-order valence-electron chi connectivity index (χ3n) is 10.7. The fourth-order valence-electron chi connectivity index (χ4n) is 8.56. The molecular weight excluding hydrogens is 460 g/mol. The molecule has 0 saturated heterocycles. The lowest BCUT2D eigenvalue weighted by Crippen LogP contribution is -2.41. The minimum Gasteiger partial charge on any atom is -0.457 e. The van der Waals surface area contributed by atoms with Crippen LogP contribution in [0.25, 0.3) is 0 Å². The molecule has 1 heterocycles. The Kier molecular flexibility index (Phi) is 4.54. The number of allylic oxidation sites excluding steroid dienone is 16. The summed E-state index contributed by atoms with van der Waals surface area (Å²) in [6.45, 7) is 9.47. The molecule has 2 bridgehead atoms. The zero-order chi connectivity index (χ0) is 25.8. The van der Waals surface area contributed by atoms with Crippen LogP contribution in [0.15, 0.2) is 131 Å². The quantitative estimate of drug-likeness (QED) is 0.380. The van der Waals surface area contributed by atoms with Crippen molar-refractivity contribution < 1.29 is 4.74 Å². The average Bonchev–Trinajstić information content (AvgIpc) is 3.40. The monoisotopic (exact) mass is 496 g/mol. The highest BCUT2D eigenvalue weighted by atomic mass is 16.5. The van der Waals surface area contributed by atoms with E-state index >= 15 is 0 Å². The highest BCUT2D eigenvalue weighted by Gasteiger charge is 2.55. The molecule has 1 aromatic carbocycles. The Balaban J connectivity index is 1.37. The lowest BCUT2D eigenvalue weighted by molar-refractivity contribution is 0.208. The highest BCUT2D eigenvalue weighted by Crippen LogP contribution is 2.64. The molecule has 1 nitrogen and oxygen atoms in total. The van der Waals surface area contributed by atoms with Crippen LogP contribution in [0.1, 0.15) is 44.7 Å². The third-order valence-corrected chi connectivity index (χ3v) is 10.7. The van der Waals surface area contributed by atoms with E-state index in [0.29, 0.717) is 29.6 Å². The Bertz CT molecular complexity index is 1530. The summed E-state index contributed by atoms with van der Waals surface area (Å²) in [7, 11) is 0. The number of benzene rings is 1. The second-order valence-corrected chi connectivity index (χ2v) is 13.0. The van der Waals surface area contributed by atoms with Crippen LogP contribution in [-0.4, -0.2) is 0 Å². The van der Waals surface area contributed by atoms with Crippen LogP contribution in [0.2, 0.25) is 0 Å². The Morgan fingerprint density at radius 3 is 2.53 bits per heavy atom. The summed E-state index contributed by atoms with van der Waals surface area (Å²) in [5.41, 5.74) is 8.44. The summed E-state index contributed by atoms with van der Waals surface area (Å²) in [5, 5.41) is 0. The van der Waals surface area contributed by atoms with E-state index in [1.807, 2.05) is 0 Å². The average molecular weight is 497 g/mol. The summed E-state index contributed by atoms with van der Waals surface area (Å²) >= 11 is 0. The van der Waals surface area contributed by atoms with Crippen molar-refractivity contribution in [2.75, 3.05) is 0 Å². The van der Waals surface area contributed by atoms with Crippen LogP contribution in [-0.2, 0) is 11.2 Å².